The Morgan fingerprint density at radius 1 is 1.24 bits per heavy atom. The second-order valence-electron chi connectivity index (χ2n) is 10.0. The number of hydrogen-bond donors (Lipinski definition) is 2. The lowest BCUT2D eigenvalue weighted by Crippen LogP contribution is -2.49. The Morgan fingerprint density at radius 3 is 2.62 bits per heavy atom. The first-order valence-electron chi connectivity index (χ1n) is 12.4. The highest BCUT2D eigenvalue weighted by Crippen LogP contribution is 2.26. The molecule has 0 bridgehead atoms. The van der Waals surface area contributed by atoms with Crippen LogP contribution in [0.3, 0.4) is 0 Å². The first kappa shape index (κ1) is 24.4. The molecule has 3 heterocycles. The van der Waals surface area contributed by atoms with Crippen LogP contribution in [0.5, 0.6) is 0 Å². The van der Waals surface area contributed by atoms with Gasteiger partial charge >= 0.3 is 0 Å². The molecule has 0 unspecified atom stereocenters. The third kappa shape index (κ3) is 6.04. The summed E-state index contributed by atoms with van der Waals surface area (Å²) < 4.78 is 1.47. The van der Waals surface area contributed by atoms with Gasteiger partial charge in [0.1, 0.15) is 5.82 Å². The Balaban J connectivity index is 1.27. The molecule has 1 amide bonds. The van der Waals surface area contributed by atoms with Crippen LogP contribution in [0.25, 0.3) is 0 Å². The summed E-state index contributed by atoms with van der Waals surface area (Å²) in [6.07, 6.45) is 5.21. The normalized spacial score (nSPS) is 21.4. The van der Waals surface area contributed by atoms with E-state index in [0.717, 1.165) is 25.1 Å². The van der Waals surface area contributed by atoms with Crippen molar-refractivity contribution in [1.82, 2.24) is 19.4 Å². The van der Waals surface area contributed by atoms with Gasteiger partial charge in [-0.1, -0.05) is 37.3 Å². The summed E-state index contributed by atoms with van der Waals surface area (Å²) in [5, 5.41) is 14.4. The van der Waals surface area contributed by atoms with Gasteiger partial charge in [-0.3, -0.25) is 14.2 Å². The highest BCUT2D eigenvalue weighted by atomic mass is 16.3. The third-order valence-corrected chi connectivity index (χ3v) is 7.43. The van der Waals surface area contributed by atoms with Crippen molar-refractivity contribution in [2.45, 2.75) is 63.1 Å². The van der Waals surface area contributed by atoms with Gasteiger partial charge < -0.3 is 20.2 Å². The fraction of sp³-hybridized carbons (Fsp3) is 0.577. The van der Waals surface area contributed by atoms with E-state index in [1.807, 2.05) is 35.2 Å². The molecule has 0 spiro atoms. The summed E-state index contributed by atoms with van der Waals surface area (Å²) in [4.78, 5) is 34.0. The number of nitrogens with zero attached hydrogens (tertiary/aromatic N) is 4. The van der Waals surface area contributed by atoms with Gasteiger partial charge in [0.2, 0.25) is 5.91 Å². The minimum absolute atomic E-state index is 0.112. The molecule has 0 radical (unpaired) electrons. The lowest BCUT2D eigenvalue weighted by atomic mass is 9.90. The van der Waals surface area contributed by atoms with Crippen LogP contribution in [-0.4, -0.2) is 75.2 Å². The van der Waals surface area contributed by atoms with Crippen molar-refractivity contribution in [2.75, 3.05) is 38.5 Å². The predicted octanol–water partition coefficient (Wildman–Crippen LogP) is 2.30. The molecule has 2 saturated heterocycles. The highest BCUT2D eigenvalue weighted by Gasteiger charge is 2.35. The first-order chi connectivity index (χ1) is 16.3. The maximum Gasteiger partial charge on any atom is 0.255 e. The third-order valence-electron chi connectivity index (χ3n) is 7.43. The highest BCUT2D eigenvalue weighted by molar-refractivity contribution is 5.77. The first-order valence-corrected chi connectivity index (χ1v) is 12.4. The Kier molecular flexibility index (Phi) is 7.68. The number of likely N-dealkylation sites (N-methyl/N-ethyl adjacent to an activating group) is 1. The molecule has 1 aromatic carbocycles. The van der Waals surface area contributed by atoms with Crippen molar-refractivity contribution in [3.8, 4) is 0 Å². The van der Waals surface area contributed by atoms with Gasteiger partial charge in [-0.15, -0.1) is 0 Å². The van der Waals surface area contributed by atoms with Gasteiger partial charge in [-0.05, 0) is 50.8 Å². The van der Waals surface area contributed by atoms with Crippen molar-refractivity contribution in [2.24, 2.45) is 0 Å². The van der Waals surface area contributed by atoms with Gasteiger partial charge in [0.15, 0.2) is 0 Å². The lowest BCUT2D eigenvalue weighted by Gasteiger charge is -2.38. The Bertz CT molecular complexity index is 1020. The molecule has 184 valence electrons. The van der Waals surface area contributed by atoms with E-state index < -0.39 is 5.60 Å². The van der Waals surface area contributed by atoms with Crippen LogP contribution in [0.15, 0.2) is 47.5 Å². The number of benzene rings is 1. The van der Waals surface area contributed by atoms with E-state index in [4.69, 9.17) is 0 Å². The summed E-state index contributed by atoms with van der Waals surface area (Å²) >= 11 is 0. The molecule has 2 fully saturated rings. The summed E-state index contributed by atoms with van der Waals surface area (Å²) in [6, 6.07) is 12.0. The van der Waals surface area contributed by atoms with Crippen molar-refractivity contribution in [1.29, 1.82) is 0 Å². The van der Waals surface area contributed by atoms with Gasteiger partial charge in [0.05, 0.1) is 18.5 Å². The molecule has 0 saturated carbocycles. The zero-order chi connectivity index (χ0) is 24.1. The summed E-state index contributed by atoms with van der Waals surface area (Å²) in [5.41, 5.74) is -0.0419. The number of hydrogen-bond acceptors (Lipinski definition) is 6. The SMILES string of the molecule is C[C@H](CC(=O)N1CCC(O)(Cn2cnc(NC[C@@H]3CCCN3C)cc2=O)CC1)c1ccccc1. The van der Waals surface area contributed by atoms with Gasteiger partial charge in [0, 0.05) is 38.2 Å². The maximum absolute atomic E-state index is 12.8. The molecule has 8 nitrogen and oxygen atoms in total. The minimum atomic E-state index is -1.02. The predicted molar refractivity (Wildman–Crippen MR) is 133 cm³/mol. The van der Waals surface area contributed by atoms with E-state index in [1.165, 1.54) is 23.4 Å². The second kappa shape index (κ2) is 10.7. The van der Waals surface area contributed by atoms with Crippen molar-refractivity contribution >= 4 is 11.7 Å². The number of aromatic nitrogens is 2. The van der Waals surface area contributed by atoms with E-state index >= 15 is 0 Å². The molecule has 8 heteroatoms. The average Bonchev–Trinajstić information content (AvgIpc) is 3.25. The monoisotopic (exact) mass is 467 g/mol. The van der Waals surface area contributed by atoms with Crippen LogP contribution >= 0.6 is 0 Å². The molecule has 2 atom stereocenters. The van der Waals surface area contributed by atoms with Crippen molar-refractivity contribution in [3.63, 3.8) is 0 Å². The van der Waals surface area contributed by atoms with Crippen molar-refractivity contribution in [3.05, 3.63) is 58.6 Å². The van der Waals surface area contributed by atoms with Crippen LogP contribution in [-0.2, 0) is 11.3 Å². The molecule has 2 N–H and O–H groups in total. The Hall–Kier alpha value is -2.71. The van der Waals surface area contributed by atoms with Gasteiger partial charge in [-0.25, -0.2) is 4.98 Å². The molecule has 1 aromatic heterocycles. The van der Waals surface area contributed by atoms with Crippen LogP contribution < -0.4 is 10.9 Å². The fourth-order valence-electron chi connectivity index (χ4n) is 5.04. The van der Waals surface area contributed by atoms with E-state index in [0.29, 0.717) is 44.2 Å². The zero-order valence-electron chi connectivity index (χ0n) is 20.3. The van der Waals surface area contributed by atoms with E-state index in [-0.39, 0.29) is 23.9 Å². The number of carbonyl (C=O) groups excluding carboxylic acids is 1. The summed E-state index contributed by atoms with van der Waals surface area (Å²) in [5.74, 6) is 0.836. The number of carbonyl (C=O) groups is 1. The smallest absolute Gasteiger partial charge is 0.255 e. The number of amides is 1. The van der Waals surface area contributed by atoms with Crippen LogP contribution in [0.1, 0.15) is 50.5 Å². The molecular weight excluding hydrogens is 430 g/mol. The quantitative estimate of drug-likeness (QED) is 0.619. The van der Waals surface area contributed by atoms with E-state index in [9.17, 15) is 14.7 Å². The maximum atomic E-state index is 12.8. The molecule has 0 aliphatic carbocycles. The van der Waals surface area contributed by atoms with Crippen LogP contribution in [0, 0.1) is 0 Å². The number of anilines is 1. The molecular formula is C26H37N5O3. The lowest BCUT2D eigenvalue weighted by molar-refractivity contribution is -0.136. The second-order valence-corrected chi connectivity index (χ2v) is 10.0. The average molecular weight is 468 g/mol. The standard InChI is InChI=1S/C26H37N5O3/c1-20(21-7-4-3-5-8-21)15-24(32)30-13-10-26(34,11-14-30)18-31-19-28-23(16-25(31)33)27-17-22-9-6-12-29(22)2/h3-5,7-8,16,19-20,22,27,34H,6,9-15,17-18H2,1-2H3/t20-,22+/m1/s1. The molecule has 2 aromatic rings. The fourth-order valence-corrected chi connectivity index (χ4v) is 5.04. The number of piperidine rings is 1. The number of likely N-dealkylation sites (tertiary alicyclic amines) is 2. The Morgan fingerprint density at radius 2 is 1.97 bits per heavy atom. The zero-order valence-corrected chi connectivity index (χ0v) is 20.3. The number of nitrogens with one attached hydrogen (secondary N) is 1. The van der Waals surface area contributed by atoms with E-state index in [1.54, 1.807) is 0 Å². The molecule has 2 aliphatic heterocycles. The largest absolute Gasteiger partial charge is 0.388 e. The number of aliphatic hydroxyl groups is 1. The van der Waals surface area contributed by atoms with Crippen molar-refractivity contribution < 1.29 is 9.90 Å². The molecule has 2 aliphatic rings. The Labute approximate surface area is 201 Å². The van der Waals surface area contributed by atoms with Gasteiger partial charge in [-0.2, -0.15) is 0 Å². The van der Waals surface area contributed by atoms with Gasteiger partial charge in [0.25, 0.3) is 5.56 Å². The van der Waals surface area contributed by atoms with E-state index in [2.05, 4.69) is 29.2 Å². The minimum Gasteiger partial charge on any atom is -0.388 e. The molecule has 34 heavy (non-hydrogen) atoms. The summed E-state index contributed by atoms with van der Waals surface area (Å²) in [6.45, 7) is 5.12. The number of rotatable bonds is 8. The van der Waals surface area contributed by atoms with Crippen LogP contribution in [0.2, 0.25) is 0 Å². The topological polar surface area (TPSA) is 90.7 Å². The van der Waals surface area contributed by atoms with Crippen LogP contribution in [0.4, 0.5) is 5.82 Å². The molecule has 4 rings (SSSR count). The summed E-state index contributed by atoms with van der Waals surface area (Å²) in [7, 11) is 2.12.